The fraction of sp³-hybridized carbons (Fsp3) is 0.269. The predicted octanol–water partition coefficient (Wildman–Crippen LogP) is 5.31. The third-order valence-electron chi connectivity index (χ3n) is 6.02. The molecule has 6 nitrogen and oxygen atoms in total. The van der Waals surface area contributed by atoms with Crippen LogP contribution < -0.4 is 15.6 Å². The Morgan fingerprint density at radius 3 is 2.71 bits per heavy atom. The fourth-order valence-corrected chi connectivity index (χ4v) is 6.51. The molecule has 174 valence electrons. The van der Waals surface area contributed by atoms with E-state index in [1.165, 1.54) is 16.6 Å². The maximum atomic E-state index is 13.8. The molecule has 1 amide bonds. The SMILES string of the molecule is COc1ccc(NC(=O)CSc2nc3sc4c(c3c(=O)n2-c2ccccc2)CCC(C)C4)cc1. The maximum absolute atomic E-state index is 13.8. The molecule has 0 spiro atoms. The average Bonchev–Trinajstić information content (AvgIpc) is 3.21. The van der Waals surface area contributed by atoms with Gasteiger partial charge < -0.3 is 10.1 Å². The van der Waals surface area contributed by atoms with Gasteiger partial charge in [0.2, 0.25) is 5.91 Å². The summed E-state index contributed by atoms with van der Waals surface area (Å²) < 4.78 is 6.81. The number of aryl methyl sites for hydroxylation is 1. The van der Waals surface area contributed by atoms with Gasteiger partial charge in [0.1, 0.15) is 10.6 Å². The van der Waals surface area contributed by atoms with Crippen LogP contribution in [0.1, 0.15) is 23.8 Å². The van der Waals surface area contributed by atoms with Crippen molar-refractivity contribution in [3.05, 3.63) is 75.4 Å². The van der Waals surface area contributed by atoms with Crippen molar-refractivity contribution < 1.29 is 9.53 Å². The zero-order chi connectivity index (χ0) is 23.7. The Kier molecular flexibility index (Phi) is 6.43. The van der Waals surface area contributed by atoms with Crippen LogP contribution in [0.4, 0.5) is 5.69 Å². The van der Waals surface area contributed by atoms with Crippen LogP contribution in [0.15, 0.2) is 64.5 Å². The Morgan fingerprint density at radius 2 is 1.97 bits per heavy atom. The van der Waals surface area contributed by atoms with E-state index in [9.17, 15) is 9.59 Å². The molecule has 0 aliphatic heterocycles. The number of thioether (sulfide) groups is 1. The molecule has 1 unspecified atom stereocenters. The normalized spacial score (nSPS) is 15.2. The molecule has 2 aromatic heterocycles. The predicted molar refractivity (Wildman–Crippen MR) is 139 cm³/mol. The first-order valence-corrected chi connectivity index (χ1v) is 13.0. The van der Waals surface area contributed by atoms with Crippen molar-refractivity contribution in [2.75, 3.05) is 18.2 Å². The molecule has 1 aliphatic rings. The number of para-hydroxylation sites is 1. The maximum Gasteiger partial charge on any atom is 0.267 e. The second-order valence-electron chi connectivity index (χ2n) is 8.47. The summed E-state index contributed by atoms with van der Waals surface area (Å²) in [6.45, 7) is 2.26. The smallest absolute Gasteiger partial charge is 0.267 e. The number of rotatable bonds is 6. The minimum absolute atomic E-state index is 0.0543. The van der Waals surface area contributed by atoms with Crippen LogP contribution in [0.2, 0.25) is 0 Å². The number of hydrogen-bond donors (Lipinski definition) is 1. The highest BCUT2D eigenvalue weighted by molar-refractivity contribution is 7.99. The van der Waals surface area contributed by atoms with Gasteiger partial charge in [-0.05, 0) is 67.1 Å². The molecule has 0 fully saturated rings. The number of hydrogen-bond acceptors (Lipinski definition) is 6. The van der Waals surface area contributed by atoms with Gasteiger partial charge in [0.15, 0.2) is 5.16 Å². The summed E-state index contributed by atoms with van der Waals surface area (Å²) >= 11 is 2.90. The van der Waals surface area contributed by atoms with Gasteiger partial charge in [0, 0.05) is 10.6 Å². The quantitative estimate of drug-likeness (QED) is 0.292. The van der Waals surface area contributed by atoms with Crippen molar-refractivity contribution in [2.45, 2.75) is 31.3 Å². The standard InChI is InChI=1S/C26H25N3O3S2/c1-16-8-13-20-21(14-16)34-24-23(20)25(31)29(18-6-4-3-5-7-18)26(28-24)33-15-22(30)27-17-9-11-19(32-2)12-10-17/h3-7,9-12,16H,8,13-15H2,1-2H3,(H,27,30). The summed E-state index contributed by atoms with van der Waals surface area (Å²) in [4.78, 5) is 33.4. The van der Waals surface area contributed by atoms with Gasteiger partial charge in [0.25, 0.3) is 5.56 Å². The molecule has 2 heterocycles. The summed E-state index contributed by atoms with van der Waals surface area (Å²) in [5, 5.41) is 4.16. The van der Waals surface area contributed by atoms with Crippen molar-refractivity contribution in [1.82, 2.24) is 9.55 Å². The summed E-state index contributed by atoms with van der Waals surface area (Å²) in [5.41, 5.74) is 2.55. The van der Waals surface area contributed by atoms with Gasteiger partial charge in [0.05, 0.1) is 23.9 Å². The van der Waals surface area contributed by atoms with E-state index < -0.39 is 0 Å². The van der Waals surface area contributed by atoms with Gasteiger partial charge in [-0.1, -0.05) is 36.9 Å². The Hall–Kier alpha value is -3.10. The molecule has 1 N–H and O–H groups in total. The number of nitrogens with one attached hydrogen (secondary N) is 1. The van der Waals surface area contributed by atoms with Crippen LogP contribution in [0, 0.1) is 5.92 Å². The highest BCUT2D eigenvalue weighted by atomic mass is 32.2. The third-order valence-corrected chi connectivity index (χ3v) is 8.11. The molecule has 4 aromatic rings. The number of carbonyl (C=O) groups excluding carboxylic acids is 1. The van der Waals surface area contributed by atoms with Crippen molar-refractivity contribution in [3.63, 3.8) is 0 Å². The van der Waals surface area contributed by atoms with Crippen LogP contribution in [0.3, 0.4) is 0 Å². The van der Waals surface area contributed by atoms with E-state index in [2.05, 4.69) is 12.2 Å². The zero-order valence-corrected chi connectivity index (χ0v) is 20.7. The lowest BCUT2D eigenvalue weighted by Gasteiger charge is -2.17. The molecule has 0 saturated carbocycles. The molecule has 5 rings (SSSR count). The number of nitrogens with zero attached hydrogens (tertiary/aromatic N) is 2. The van der Waals surface area contributed by atoms with Crippen LogP contribution in [-0.2, 0) is 17.6 Å². The Bertz CT molecular complexity index is 1400. The Labute approximate surface area is 206 Å². The number of anilines is 1. The Morgan fingerprint density at radius 1 is 1.21 bits per heavy atom. The minimum atomic E-state index is -0.163. The lowest BCUT2D eigenvalue weighted by atomic mass is 9.89. The number of ether oxygens (including phenoxy) is 1. The number of fused-ring (bicyclic) bond motifs is 3. The van der Waals surface area contributed by atoms with E-state index in [0.717, 1.165) is 46.5 Å². The molecule has 1 aliphatic carbocycles. The number of aromatic nitrogens is 2. The van der Waals surface area contributed by atoms with Crippen LogP contribution in [0.25, 0.3) is 15.9 Å². The molecule has 1 atom stereocenters. The third kappa shape index (κ3) is 4.48. The topological polar surface area (TPSA) is 73.2 Å². The number of carbonyl (C=O) groups is 1. The van der Waals surface area contributed by atoms with Gasteiger partial charge in [-0.2, -0.15) is 0 Å². The van der Waals surface area contributed by atoms with Crippen LogP contribution in [0.5, 0.6) is 5.75 Å². The van der Waals surface area contributed by atoms with Gasteiger partial charge in [-0.3, -0.25) is 14.2 Å². The largest absolute Gasteiger partial charge is 0.497 e. The van der Waals surface area contributed by atoms with Crippen LogP contribution >= 0.6 is 23.1 Å². The number of benzene rings is 2. The van der Waals surface area contributed by atoms with Crippen molar-refractivity contribution in [1.29, 1.82) is 0 Å². The van der Waals surface area contributed by atoms with E-state index in [4.69, 9.17) is 9.72 Å². The van der Waals surface area contributed by atoms with Gasteiger partial charge in [-0.25, -0.2) is 4.98 Å². The molecular weight excluding hydrogens is 466 g/mol. The summed E-state index contributed by atoms with van der Waals surface area (Å²) in [5.74, 6) is 1.32. The van der Waals surface area contributed by atoms with E-state index in [0.29, 0.717) is 16.8 Å². The monoisotopic (exact) mass is 491 g/mol. The fourth-order valence-electron chi connectivity index (χ4n) is 4.27. The lowest BCUT2D eigenvalue weighted by molar-refractivity contribution is -0.113. The zero-order valence-electron chi connectivity index (χ0n) is 19.0. The Balaban J connectivity index is 1.48. The molecule has 34 heavy (non-hydrogen) atoms. The van der Waals surface area contributed by atoms with Crippen molar-refractivity contribution in [3.8, 4) is 11.4 Å². The lowest BCUT2D eigenvalue weighted by Crippen LogP contribution is -2.23. The van der Waals surface area contributed by atoms with E-state index in [1.54, 1.807) is 47.3 Å². The summed E-state index contributed by atoms with van der Waals surface area (Å²) in [6.07, 6.45) is 3.00. The minimum Gasteiger partial charge on any atom is -0.497 e. The number of amides is 1. The molecular formula is C26H25N3O3S2. The molecule has 2 aromatic carbocycles. The summed E-state index contributed by atoms with van der Waals surface area (Å²) in [7, 11) is 1.60. The average molecular weight is 492 g/mol. The van der Waals surface area contributed by atoms with Gasteiger partial charge >= 0.3 is 0 Å². The van der Waals surface area contributed by atoms with E-state index >= 15 is 0 Å². The number of thiophene rings is 1. The molecule has 8 heteroatoms. The number of methoxy groups -OCH3 is 1. The van der Waals surface area contributed by atoms with Gasteiger partial charge in [-0.15, -0.1) is 11.3 Å². The van der Waals surface area contributed by atoms with E-state index in [-0.39, 0.29) is 17.2 Å². The highest BCUT2D eigenvalue weighted by Crippen LogP contribution is 2.37. The van der Waals surface area contributed by atoms with Crippen molar-refractivity contribution >= 4 is 44.9 Å². The van der Waals surface area contributed by atoms with E-state index in [1.807, 2.05) is 30.3 Å². The van der Waals surface area contributed by atoms with Crippen LogP contribution in [-0.4, -0.2) is 28.3 Å². The first-order valence-electron chi connectivity index (χ1n) is 11.2. The second-order valence-corrected chi connectivity index (χ2v) is 10.5. The first-order chi connectivity index (χ1) is 16.5. The first kappa shape index (κ1) is 22.7. The highest BCUT2D eigenvalue weighted by Gasteiger charge is 2.25. The second kappa shape index (κ2) is 9.64. The molecule has 0 bridgehead atoms. The molecule has 0 radical (unpaired) electrons. The van der Waals surface area contributed by atoms with Crippen molar-refractivity contribution in [2.24, 2.45) is 5.92 Å². The summed E-state index contributed by atoms with van der Waals surface area (Å²) in [6, 6.07) is 16.7. The molecule has 0 saturated heterocycles.